The SMILES string of the molecule is CCC1CC(Nc2c(C)c(C(N)=O)cc(-c3cc4c(cc3F)C(N3CCOCC3)CC4)c2Cc2c(C)cc(C)[nH]c2=O)CCO1. The van der Waals surface area contributed by atoms with Gasteiger partial charge >= 0.3 is 0 Å². The number of carbonyl (C=O) groups excluding carboxylic acids is 1. The molecule has 45 heavy (non-hydrogen) atoms. The van der Waals surface area contributed by atoms with E-state index in [1.54, 1.807) is 12.1 Å². The lowest BCUT2D eigenvalue weighted by atomic mass is 9.86. The number of H-pyrrole nitrogens is 1. The molecule has 2 saturated heterocycles. The number of anilines is 1. The lowest BCUT2D eigenvalue weighted by Crippen LogP contribution is -2.38. The second-order valence-electron chi connectivity index (χ2n) is 12.9. The average molecular weight is 617 g/mol. The van der Waals surface area contributed by atoms with Crippen molar-refractivity contribution in [3.05, 3.63) is 85.1 Å². The maximum absolute atomic E-state index is 16.5. The smallest absolute Gasteiger partial charge is 0.251 e. The Kier molecular flexibility index (Phi) is 9.13. The van der Waals surface area contributed by atoms with Gasteiger partial charge in [-0.1, -0.05) is 6.92 Å². The number of aryl methyl sites for hydroxylation is 3. The second-order valence-corrected chi connectivity index (χ2v) is 12.9. The molecule has 0 saturated carbocycles. The van der Waals surface area contributed by atoms with Crippen LogP contribution in [0, 0.1) is 26.6 Å². The minimum Gasteiger partial charge on any atom is -0.382 e. The fourth-order valence-corrected chi connectivity index (χ4v) is 7.57. The molecule has 3 aromatic rings. The number of halogens is 1. The van der Waals surface area contributed by atoms with Gasteiger partial charge in [0.15, 0.2) is 0 Å². The van der Waals surface area contributed by atoms with Crippen molar-refractivity contribution in [2.24, 2.45) is 5.73 Å². The molecular formula is C36H45FN4O4. The van der Waals surface area contributed by atoms with Gasteiger partial charge in [-0.2, -0.15) is 0 Å². The van der Waals surface area contributed by atoms with Crippen LogP contribution in [-0.4, -0.2) is 60.8 Å². The first-order valence-electron chi connectivity index (χ1n) is 16.3. The minimum atomic E-state index is -0.569. The van der Waals surface area contributed by atoms with Crippen LogP contribution in [0.3, 0.4) is 0 Å². The summed E-state index contributed by atoms with van der Waals surface area (Å²) >= 11 is 0. The van der Waals surface area contributed by atoms with Crippen molar-refractivity contribution in [2.75, 3.05) is 38.2 Å². The number of primary amides is 1. The van der Waals surface area contributed by atoms with E-state index in [0.29, 0.717) is 47.6 Å². The normalized spacial score (nSPS) is 21.9. The summed E-state index contributed by atoms with van der Waals surface area (Å²) in [5.41, 5.74) is 13.8. The lowest BCUT2D eigenvalue weighted by Gasteiger charge is -2.33. The van der Waals surface area contributed by atoms with Gasteiger partial charge in [0, 0.05) is 66.3 Å². The maximum atomic E-state index is 16.5. The molecule has 1 aromatic heterocycles. The zero-order valence-electron chi connectivity index (χ0n) is 26.9. The van der Waals surface area contributed by atoms with Crippen LogP contribution < -0.4 is 16.6 Å². The molecule has 6 rings (SSSR count). The monoisotopic (exact) mass is 616 g/mol. The highest BCUT2D eigenvalue weighted by Gasteiger charge is 2.32. The number of aromatic nitrogens is 1. The summed E-state index contributed by atoms with van der Waals surface area (Å²) < 4.78 is 28.0. The number of aromatic amines is 1. The molecule has 9 heteroatoms. The van der Waals surface area contributed by atoms with Crippen LogP contribution in [0.15, 0.2) is 29.1 Å². The predicted molar refractivity (Wildman–Crippen MR) is 175 cm³/mol. The summed E-state index contributed by atoms with van der Waals surface area (Å²) in [4.78, 5) is 31.5. The summed E-state index contributed by atoms with van der Waals surface area (Å²) in [6.07, 6.45) is 4.69. The highest BCUT2D eigenvalue weighted by atomic mass is 19.1. The van der Waals surface area contributed by atoms with E-state index in [9.17, 15) is 9.59 Å². The fraction of sp³-hybridized carbons (Fsp3) is 0.500. The van der Waals surface area contributed by atoms with E-state index in [-0.39, 0.29) is 36.0 Å². The molecule has 0 spiro atoms. The van der Waals surface area contributed by atoms with Crippen LogP contribution in [0.5, 0.6) is 0 Å². The topological polar surface area (TPSA) is 110 Å². The number of rotatable bonds is 8. The van der Waals surface area contributed by atoms with Crippen molar-refractivity contribution < 1.29 is 18.7 Å². The van der Waals surface area contributed by atoms with Crippen LogP contribution in [0.25, 0.3) is 11.1 Å². The van der Waals surface area contributed by atoms with Crippen molar-refractivity contribution in [2.45, 2.75) is 84.4 Å². The van der Waals surface area contributed by atoms with Crippen molar-refractivity contribution in [1.29, 1.82) is 0 Å². The van der Waals surface area contributed by atoms with Crippen LogP contribution >= 0.6 is 0 Å². The van der Waals surface area contributed by atoms with Gasteiger partial charge in [-0.15, -0.1) is 0 Å². The largest absolute Gasteiger partial charge is 0.382 e. The molecule has 0 bridgehead atoms. The molecule has 3 aliphatic rings. The van der Waals surface area contributed by atoms with Gasteiger partial charge in [0.05, 0.1) is 19.3 Å². The highest BCUT2D eigenvalue weighted by molar-refractivity contribution is 5.99. The number of nitrogens with two attached hydrogens (primary N) is 1. The third-order valence-corrected chi connectivity index (χ3v) is 10.0. The van der Waals surface area contributed by atoms with Gasteiger partial charge in [0.25, 0.3) is 5.56 Å². The molecule has 1 amide bonds. The number of nitrogens with zero attached hydrogens (tertiary/aromatic N) is 1. The number of morpholine rings is 1. The number of benzene rings is 2. The summed E-state index contributed by atoms with van der Waals surface area (Å²) in [5, 5.41) is 3.74. The number of ether oxygens (including phenoxy) is 2. The molecule has 1 aliphatic carbocycles. The van der Waals surface area contributed by atoms with Crippen molar-refractivity contribution in [1.82, 2.24) is 9.88 Å². The van der Waals surface area contributed by atoms with Crippen molar-refractivity contribution >= 4 is 11.6 Å². The van der Waals surface area contributed by atoms with Gasteiger partial charge in [0.1, 0.15) is 5.82 Å². The van der Waals surface area contributed by atoms with Crippen LogP contribution in [0.1, 0.15) is 88.1 Å². The van der Waals surface area contributed by atoms with E-state index in [4.69, 9.17) is 15.2 Å². The van der Waals surface area contributed by atoms with Gasteiger partial charge in [0.2, 0.25) is 5.91 Å². The standard InChI is InChI=1S/C36H45FN4O4/c1-5-25-16-24(8-11-45-25)40-34-22(4)27(35(38)42)18-29(31(34)17-26-20(2)14-21(3)39-36(26)43)30-15-23-6-7-33(28(23)19-32(30)37)41-9-12-44-13-10-41/h14-15,18-19,24-25,33,40H,5-13,16-17H2,1-4H3,(H2,38,42)(H,39,43). The Hall–Kier alpha value is -3.53. The Bertz CT molecular complexity index is 1660. The zero-order valence-corrected chi connectivity index (χ0v) is 26.9. The molecule has 0 radical (unpaired) electrons. The first-order valence-corrected chi connectivity index (χ1v) is 16.3. The van der Waals surface area contributed by atoms with E-state index in [1.165, 1.54) is 0 Å². The third kappa shape index (κ3) is 6.30. The number of hydrogen-bond acceptors (Lipinski definition) is 6. The van der Waals surface area contributed by atoms with Gasteiger partial charge in [-0.3, -0.25) is 14.5 Å². The molecule has 3 atom stereocenters. The molecule has 3 unspecified atom stereocenters. The number of fused-ring (bicyclic) bond motifs is 1. The van der Waals surface area contributed by atoms with Gasteiger partial charge < -0.3 is 25.5 Å². The predicted octanol–water partition coefficient (Wildman–Crippen LogP) is 5.48. The van der Waals surface area contributed by atoms with Crippen LogP contribution in [-0.2, 0) is 22.3 Å². The Morgan fingerprint density at radius 1 is 1.07 bits per heavy atom. The lowest BCUT2D eigenvalue weighted by molar-refractivity contribution is 0.00923. The van der Waals surface area contributed by atoms with Gasteiger partial charge in [-0.05, 0) is 111 Å². The van der Waals surface area contributed by atoms with E-state index >= 15 is 4.39 Å². The summed E-state index contributed by atoms with van der Waals surface area (Å²) in [6.45, 7) is 11.5. The first-order chi connectivity index (χ1) is 21.6. The van der Waals surface area contributed by atoms with E-state index in [1.807, 2.05) is 32.9 Å². The summed E-state index contributed by atoms with van der Waals surface area (Å²) in [6, 6.07) is 7.59. The number of nitrogens with one attached hydrogen (secondary N) is 2. The zero-order chi connectivity index (χ0) is 31.8. The Labute approximate surface area is 264 Å². The van der Waals surface area contributed by atoms with E-state index < -0.39 is 5.91 Å². The molecule has 8 nitrogen and oxygen atoms in total. The number of hydrogen-bond donors (Lipinski definition) is 3. The van der Waals surface area contributed by atoms with Crippen molar-refractivity contribution in [3.8, 4) is 11.1 Å². The molecular weight excluding hydrogens is 571 g/mol. The molecule has 2 aliphatic heterocycles. The highest BCUT2D eigenvalue weighted by Crippen LogP contribution is 2.43. The summed E-state index contributed by atoms with van der Waals surface area (Å²) in [5.74, 6) is -0.910. The number of pyridine rings is 1. The maximum Gasteiger partial charge on any atom is 0.251 e. The average Bonchev–Trinajstić information content (AvgIpc) is 3.43. The molecule has 2 aromatic carbocycles. The Morgan fingerprint density at radius 3 is 2.56 bits per heavy atom. The molecule has 2 fully saturated rings. The first kappa shape index (κ1) is 31.5. The molecule has 3 heterocycles. The van der Waals surface area contributed by atoms with Crippen LogP contribution in [0.4, 0.5) is 10.1 Å². The third-order valence-electron chi connectivity index (χ3n) is 10.0. The fourth-order valence-electron chi connectivity index (χ4n) is 7.57. The Balaban J connectivity index is 1.52. The summed E-state index contributed by atoms with van der Waals surface area (Å²) in [7, 11) is 0. The second kappa shape index (κ2) is 13.1. The Morgan fingerprint density at radius 2 is 1.84 bits per heavy atom. The van der Waals surface area contributed by atoms with E-state index in [0.717, 1.165) is 78.8 Å². The van der Waals surface area contributed by atoms with E-state index in [2.05, 4.69) is 22.1 Å². The van der Waals surface area contributed by atoms with Crippen molar-refractivity contribution in [3.63, 3.8) is 0 Å². The quantitative estimate of drug-likeness (QED) is 0.309. The van der Waals surface area contributed by atoms with Crippen LogP contribution in [0.2, 0.25) is 0 Å². The number of carbonyl (C=O) groups is 1. The molecule has 240 valence electrons. The minimum absolute atomic E-state index is 0.0914. The van der Waals surface area contributed by atoms with Gasteiger partial charge in [-0.25, -0.2) is 4.39 Å². The number of amides is 1. The molecule has 4 N–H and O–H groups in total.